The van der Waals surface area contributed by atoms with Crippen LogP contribution >= 0.6 is 43.2 Å². The van der Waals surface area contributed by atoms with Gasteiger partial charge in [0.15, 0.2) is 0 Å². The van der Waals surface area contributed by atoms with E-state index in [1.165, 1.54) is 49.4 Å². The van der Waals surface area contributed by atoms with Gasteiger partial charge in [-0.2, -0.15) is 0 Å². The predicted octanol–water partition coefficient (Wildman–Crippen LogP) is 5.10. The molecule has 0 N–H and O–H groups in total. The van der Waals surface area contributed by atoms with Gasteiger partial charge in [-0.25, -0.2) is 0 Å². The molecule has 4 heteroatoms. The number of hydrogen-bond donors (Lipinski definition) is 0. The maximum absolute atomic E-state index is 2.39. The Bertz CT molecular complexity index is 193. The fraction of sp³-hybridized carbons (Fsp3) is 1.00. The Morgan fingerprint density at radius 2 is 1.93 bits per heavy atom. The van der Waals surface area contributed by atoms with Gasteiger partial charge in [-0.05, 0) is 38.0 Å². The van der Waals surface area contributed by atoms with Crippen LogP contribution in [0.4, 0.5) is 0 Å². The first kappa shape index (κ1) is 12.8. The summed E-state index contributed by atoms with van der Waals surface area (Å²) in [4.78, 5) is 0. The van der Waals surface area contributed by atoms with Crippen LogP contribution in [0.3, 0.4) is 0 Å². The minimum Gasteiger partial charge on any atom is -0.0941 e. The molecule has 0 aromatic heterocycles. The molecule has 1 saturated heterocycles. The third kappa shape index (κ3) is 3.20. The topological polar surface area (TPSA) is 0 Å². The van der Waals surface area contributed by atoms with Crippen molar-refractivity contribution in [2.45, 2.75) is 43.8 Å². The number of hydrogen-bond acceptors (Lipinski definition) is 4. The fourth-order valence-electron chi connectivity index (χ4n) is 2.21. The third-order valence-corrected chi connectivity index (χ3v) is 9.69. The molecule has 15 heavy (non-hydrogen) atoms. The van der Waals surface area contributed by atoms with E-state index in [9.17, 15) is 0 Å². The Labute approximate surface area is 110 Å². The van der Waals surface area contributed by atoms with Crippen LogP contribution in [0.15, 0.2) is 0 Å². The molecule has 0 aromatic rings. The van der Waals surface area contributed by atoms with Gasteiger partial charge in [0.1, 0.15) is 0 Å². The summed E-state index contributed by atoms with van der Waals surface area (Å²) in [6, 6.07) is 0. The second kappa shape index (κ2) is 6.36. The lowest BCUT2D eigenvalue weighted by atomic mass is 9.72. The Balaban J connectivity index is 1.90. The molecule has 0 amide bonds. The van der Waals surface area contributed by atoms with Gasteiger partial charge in [0.25, 0.3) is 0 Å². The zero-order valence-electron chi connectivity index (χ0n) is 9.37. The fourth-order valence-corrected chi connectivity index (χ4v) is 8.61. The van der Waals surface area contributed by atoms with Crippen molar-refractivity contribution in [2.24, 2.45) is 5.92 Å². The van der Waals surface area contributed by atoms with Crippen LogP contribution in [-0.4, -0.2) is 22.0 Å². The average Bonchev–Trinajstić information content (AvgIpc) is 2.26. The summed E-state index contributed by atoms with van der Waals surface area (Å²) in [5.41, 5.74) is 0. The van der Waals surface area contributed by atoms with Crippen molar-refractivity contribution in [3.05, 3.63) is 0 Å². The van der Waals surface area contributed by atoms with Gasteiger partial charge in [0, 0.05) is 22.0 Å². The molecule has 0 nitrogen and oxygen atoms in total. The monoisotopic (exact) mass is 280 g/mol. The SMILES string of the molecule is CCC12CCC1CSSCCCCSS2. The Kier molecular flexibility index (Phi) is 5.45. The molecule has 2 fully saturated rings. The van der Waals surface area contributed by atoms with Gasteiger partial charge < -0.3 is 0 Å². The van der Waals surface area contributed by atoms with E-state index in [-0.39, 0.29) is 0 Å². The molecule has 0 spiro atoms. The lowest BCUT2D eigenvalue weighted by molar-refractivity contribution is 0.239. The van der Waals surface area contributed by atoms with Crippen LogP contribution in [0.5, 0.6) is 0 Å². The Morgan fingerprint density at radius 1 is 1.13 bits per heavy atom. The van der Waals surface area contributed by atoms with Gasteiger partial charge in [0.05, 0.1) is 0 Å². The number of fused-ring (bicyclic) bond motifs is 1. The molecule has 1 heterocycles. The summed E-state index contributed by atoms with van der Waals surface area (Å²) in [7, 11) is 8.61. The van der Waals surface area contributed by atoms with E-state index >= 15 is 0 Å². The minimum atomic E-state index is 0.655. The zero-order valence-corrected chi connectivity index (χ0v) is 12.6. The predicted molar refractivity (Wildman–Crippen MR) is 79.9 cm³/mol. The van der Waals surface area contributed by atoms with Gasteiger partial charge in [-0.3, -0.25) is 0 Å². The maximum atomic E-state index is 2.39. The van der Waals surface area contributed by atoms with Crippen LogP contribution in [0.25, 0.3) is 0 Å². The molecular formula is C11H20S4. The second-order valence-electron chi connectivity index (χ2n) is 4.37. The molecule has 1 aliphatic heterocycles. The first-order valence-electron chi connectivity index (χ1n) is 5.92. The third-order valence-electron chi connectivity index (χ3n) is 3.54. The van der Waals surface area contributed by atoms with Crippen LogP contribution in [0.2, 0.25) is 0 Å². The molecular weight excluding hydrogens is 260 g/mol. The number of rotatable bonds is 1. The summed E-state index contributed by atoms with van der Waals surface area (Å²) in [6.07, 6.45) is 7.15. The minimum absolute atomic E-state index is 0.655. The van der Waals surface area contributed by atoms with E-state index in [4.69, 9.17) is 0 Å². The van der Waals surface area contributed by atoms with E-state index < -0.39 is 0 Å². The summed E-state index contributed by atoms with van der Waals surface area (Å²) in [5.74, 6) is 5.12. The van der Waals surface area contributed by atoms with Gasteiger partial charge >= 0.3 is 0 Å². The zero-order chi connectivity index (χ0) is 10.6. The van der Waals surface area contributed by atoms with Crippen molar-refractivity contribution < 1.29 is 0 Å². The first-order valence-corrected chi connectivity index (χ1v) is 10.7. The van der Waals surface area contributed by atoms with Crippen molar-refractivity contribution in [1.82, 2.24) is 0 Å². The molecule has 0 radical (unpaired) electrons. The highest BCUT2D eigenvalue weighted by molar-refractivity contribution is 8.77. The molecule has 1 saturated carbocycles. The molecule has 2 atom stereocenters. The average molecular weight is 281 g/mol. The van der Waals surface area contributed by atoms with Gasteiger partial charge in [-0.1, -0.05) is 50.1 Å². The molecule has 88 valence electrons. The lowest BCUT2D eigenvalue weighted by Crippen LogP contribution is -2.44. The van der Waals surface area contributed by atoms with E-state index in [1.807, 2.05) is 0 Å². The summed E-state index contributed by atoms with van der Waals surface area (Å²) in [5, 5.41) is 0. The molecule has 0 bridgehead atoms. The van der Waals surface area contributed by atoms with Crippen LogP contribution in [0, 0.1) is 5.92 Å². The maximum Gasteiger partial charge on any atom is 0.0297 e. The van der Waals surface area contributed by atoms with Crippen LogP contribution < -0.4 is 0 Å². The molecule has 2 rings (SSSR count). The van der Waals surface area contributed by atoms with E-state index in [0.717, 1.165) is 5.92 Å². The normalized spacial score (nSPS) is 38.6. The highest BCUT2D eigenvalue weighted by Crippen LogP contribution is 2.57. The van der Waals surface area contributed by atoms with Gasteiger partial charge in [-0.15, -0.1) is 0 Å². The van der Waals surface area contributed by atoms with Crippen LogP contribution in [-0.2, 0) is 0 Å². The largest absolute Gasteiger partial charge is 0.0941 e. The molecule has 2 unspecified atom stereocenters. The molecule has 0 aromatic carbocycles. The quantitative estimate of drug-likeness (QED) is 0.612. The lowest BCUT2D eigenvalue weighted by Gasteiger charge is -2.48. The van der Waals surface area contributed by atoms with Crippen LogP contribution in [0.1, 0.15) is 39.0 Å². The summed E-state index contributed by atoms with van der Waals surface area (Å²) < 4.78 is 0.655. The van der Waals surface area contributed by atoms with Crippen molar-refractivity contribution in [3.8, 4) is 0 Å². The van der Waals surface area contributed by atoms with Gasteiger partial charge in [0.2, 0.25) is 0 Å². The van der Waals surface area contributed by atoms with E-state index in [2.05, 4.69) is 50.1 Å². The van der Waals surface area contributed by atoms with Crippen molar-refractivity contribution in [3.63, 3.8) is 0 Å². The summed E-state index contributed by atoms with van der Waals surface area (Å²) >= 11 is 0. The first-order chi connectivity index (χ1) is 7.37. The molecule has 2 aliphatic rings. The Morgan fingerprint density at radius 3 is 2.60 bits per heavy atom. The highest BCUT2D eigenvalue weighted by Gasteiger charge is 2.45. The van der Waals surface area contributed by atoms with Crippen molar-refractivity contribution >= 4 is 43.2 Å². The van der Waals surface area contributed by atoms with E-state index in [0.29, 0.717) is 4.75 Å². The Hall–Kier alpha value is 1.40. The second-order valence-corrected chi connectivity index (χ2v) is 9.83. The smallest absolute Gasteiger partial charge is 0.0297 e. The molecule has 1 aliphatic carbocycles. The van der Waals surface area contributed by atoms with Crippen molar-refractivity contribution in [1.29, 1.82) is 0 Å². The van der Waals surface area contributed by atoms with E-state index in [1.54, 1.807) is 0 Å². The highest BCUT2D eigenvalue weighted by atomic mass is 33.1. The standard InChI is InChI=1S/C11H20S4/c1-2-11-6-5-10(11)9-14-12-7-3-4-8-13-15-11/h10H,2-9H2,1H3. The van der Waals surface area contributed by atoms with Crippen molar-refractivity contribution in [2.75, 3.05) is 17.3 Å². The summed E-state index contributed by atoms with van der Waals surface area (Å²) in [6.45, 7) is 2.39.